The van der Waals surface area contributed by atoms with Crippen molar-refractivity contribution in [3.05, 3.63) is 77.9 Å². The molecule has 9 nitrogen and oxygen atoms in total. The molecule has 39 heavy (non-hydrogen) atoms. The maximum absolute atomic E-state index is 13.7. The zero-order valence-corrected chi connectivity index (χ0v) is 21.8. The average Bonchev–Trinajstić information content (AvgIpc) is 3.58. The molecule has 9 heteroatoms. The van der Waals surface area contributed by atoms with Crippen molar-refractivity contribution in [1.29, 1.82) is 0 Å². The van der Waals surface area contributed by atoms with Crippen LogP contribution in [0, 0.1) is 0 Å². The summed E-state index contributed by atoms with van der Waals surface area (Å²) in [6, 6.07) is 12.1. The molecule has 3 aliphatic rings. The van der Waals surface area contributed by atoms with E-state index in [0.29, 0.717) is 29.2 Å². The Balaban J connectivity index is 1.50. The highest BCUT2D eigenvalue weighted by Crippen LogP contribution is 2.47. The van der Waals surface area contributed by atoms with E-state index in [4.69, 9.17) is 14.2 Å². The van der Waals surface area contributed by atoms with E-state index in [1.807, 2.05) is 42.5 Å². The first-order valence-corrected chi connectivity index (χ1v) is 13.3. The van der Waals surface area contributed by atoms with Crippen LogP contribution in [0.15, 0.2) is 66.8 Å². The number of allylic oxidation sites excluding steroid dienone is 1. The molecule has 206 valence electrons. The lowest BCUT2D eigenvalue weighted by Crippen LogP contribution is -2.55. The summed E-state index contributed by atoms with van der Waals surface area (Å²) in [5.41, 5.74) is 2.02. The zero-order valence-electron chi connectivity index (χ0n) is 21.8. The van der Waals surface area contributed by atoms with Crippen LogP contribution in [0.4, 0.5) is 0 Å². The Hall–Kier alpha value is -3.82. The molecule has 2 heterocycles. The number of hydrogen-bond acceptors (Lipinski definition) is 7. The van der Waals surface area contributed by atoms with E-state index in [-0.39, 0.29) is 44.7 Å². The molecule has 0 saturated carbocycles. The molecule has 0 aromatic heterocycles. The molecule has 2 aliphatic heterocycles. The summed E-state index contributed by atoms with van der Waals surface area (Å²) in [5, 5.41) is 23.7. The second-order valence-electron chi connectivity index (χ2n) is 9.92. The zero-order chi connectivity index (χ0) is 27.4. The molecule has 0 unspecified atom stereocenters. The van der Waals surface area contributed by atoms with Crippen LogP contribution in [0.3, 0.4) is 0 Å². The van der Waals surface area contributed by atoms with Crippen molar-refractivity contribution in [1.82, 2.24) is 10.2 Å². The van der Waals surface area contributed by atoms with Crippen molar-refractivity contribution in [3.8, 4) is 17.2 Å². The van der Waals surface area contributed by atoms with Crippen LogP contribution in [-0.4, -0.2) is 65.1 Å². The molecule has 0 fully saturated rings. The van der Waals surface area contributed by atoms with Gasteiger partial charge in [-0.1, -0.05) is 30.3 Å². The van der Waals surface area contributed by atoms with Gasteiger partial charge in [-0.2, -0.15) is 0 Å². The molecule has 0 bridgehead atoms. The summed E-state index contributed by atoms with van der Waals surface area (Å²) in [6.45, 7) is 3.98. The molecule has 2 amide bonds. The predicted octanol–water partition coefficient (Wildman–Crippen LogP) is 2.81. The number of carbonyl (C=O) groups is 2. The van der Waals surface area contributed by atoms with Crippen LogP contribution in [0.1, 0.15) is 42.7 Å². The van der Waals surface area contributed by atoms with Crippen molar-refractivity contribution in [3.63, 3.8) is 0 Å². The van der Waals surface area contributed by atoms with Crippen molar-refractivity contribution in [2.45, 2.75) is 56.4 Å². The van der Waals surface area contributed by atoms with Crippen LogP contribution in [0.2, 0.25) is 0 Å². The van der Waals surface area contributed by atoms with Gasteiger partial charge in [0.05, 0.1) is 18.6 Å². The SMILES string of the molecule is C=CCCCCC(=O)N(Cc1ccc2c(c1)OCO2)[C@@H]1C=C(C(=O)NCCO)[C@@H]2c3ccccc3O[C@@H]2[C@H]1O. The number of aliphatic hydroxyl groups excluding tert-OH is 2. The molecule has 0 saturated heterocycles. The lowest BCUT2D eigenvalue weighted by atomic mass is 9.77. The van der Waals surface area contributed by atoms with Crippen LogP contribution >= 0.6 is 0 Å². The van der Waals surface area contributed by atoms with E-state index in [9.17, 15) is 19.8 Å². The molecule has 3 N–H and O–H groups in total. The fourth-order valence-corrected chi connectivity index (χ4v) is 5.50. The highest BCUT2D eigenvalue weighted by Gasteiger charge is 2.50. The second kappa shape index (κ2) is 11.9. The summed E-state index contributed by atoms with van der Waals surface area (Å²) in [6.07, 6.45) is 4.29. The minimum atomic E-state index is -1.08. The number of nitrogens with one attached hydrogen (secondary N) is 1. The number of aliphatic hydroxyl groups is 2. The Bertz CT molecular complexity index is 1260. The lowest BCUT2D eigenvalue weighted by Gasteiger charge is -2.41. The van der Waals surface area contributed by atoms with E-state index < -0.39 is 24.2 Å². The third kappa shape index (κ3) is 5.51. The predicted molar refractivity (Wildman–Crippen MR) is 143 cm³/mol. The number of hydrogen-bond donors (Lipinski definition) is 3. The minimum Gasteiger partial charge on any atom is -0.486 e. The molecular formula is C30H34N2O7. The Morgan fingerprint density at radius 3 is 2.74 bits per heavy atom. The number of rotatable bonds is 11. The van der Waals surface area contributed by atoms with E-state index in [0.717, 1.165) is 24.0 Å². The van der Waals surface area contributed by atoms with Crippen molar-refractivity contribution in [2.24, 2.45) is 0 Å². The largest absolute Gasteiger partial charge is 0.486 e. The number of carbonyl (C=O) groups excluding carboxylic acids is 2. The first-order chi connectivity index (χ1) is 19.0. The summed E-state index contributed by atoms with van der Waals surface area (Å²) >= 11 is 0. The maximum atomic E-state index is 13.7. The first-order valence-electron chi connectivity index (χ1n) is 13.3. The highest BCUT2D eigenvalue weighted by molar-refractivity contribution is 5.96. The summed E-state index contributed by atoms with van der Waals surface area (Å²) in [5.74, 6) is 0.844. The van der Waals surface area contributed by atoms with Gasteiger partial charge in [0, 0.05) is 30.6 Å². The molecule has 0 spiro atoms. The summed E-state index contributed by atoms with van der Waals surface area (Å²) in [7, 11) is 0. The van der Waals surface area contributed by atoms with Gasteiger partial charge in [0.25, 0.3) is 0 Å². The fraction of sp³-hybridized carbons (Fsp3) is 0.400. The molecule has 2 aromatic rings. The molecule has 5 rings (SSSR count). The standard InChI is InChI=1S/C30H34N2O7/c1-2-3-4-5-10-26(34)32(17-19-11-12-24-25(15-19)38-18-37-24)22-16-21(30(36)31-13-14-33)27-20-8-6-7-9-23(20)39-29(27)28(22)35/h2,6-9,11-12,15-16,22,27-29,33,35H,1,3-5,10,13-14,17-18H2,(H,31,36)/t22-,27+,28+,29+/m1/s1. The van der Waals surface area contributed by atoms with Gasteiger partial charge < -0.3 is 34.6 Å². The third-order valence-electron chi connectivity index (χ3n) is 7.40. The number of unbranched alkanes of at least 4 members (excludes halogenated alkanes) is 2. The number of para-hydroxylation sites is 1. The van der Waals surface area contributed by atoms with Crippen molar-refractivity contribution >= 4 is 11.8 Å². The quantitative estimate of drug-likeness (QED) is 0.300. The minimum absolute atomic E-state index is 0.0897. The van der Waals surface area contributed by atoms with Crippen LogP contribution in [-0.2, 0) is 16.1 Å². The number of fused-ring (bicyclic) bond motifs is 4. The molecule has 2 aromatic carbocycles. The smallest absolute Gasteiger partial charge is 0.247 e. The number of ether oxygens (including phenoxy) is 3. The van der Waals surface area contributed by atoms with Gasteiger partial charge in [0.1, 0.15) is 18.0 Å². The number of nitrogens with zero attached hydrogens (tertiary/aromatic N) is 1. The Kier molecular flexibility index (Phi) is 8.18. The van der Waals surface area contributed by atoms with E-state index >= 15 is 0 Å². The summed E-state index contributed by atoms with van der Waals surface area (Å²) < 4.78 is 17.1. The van der Waals surface area contributed by atoms with Gasteiger partial charge in [-0.25, -0.2) is 0 Å². The average molecular weight is 535 g/mol. The van der Waals surface area contributed by atoms with Gasteiger partial charge in [-0.3, -0.25) is 9.59 Å². The van der Waals surface area contributed by atoms with E-state index in [1.165, 1.54) is 0 Å². The topological polar surface area (TPSA) is 118 Å². The van der Waals surface area contributed by atoms with Crippen LogP contribution in [0.5, 0.6) is 17.2 Å². The lowest BCUT2D eigenvalue weighted by molar-refractivity contribution is -0.138. The summed E-state index contributed by atoms with van der Waals surface area (Å²) in [4.78, 5) is 28.6. The van der Waals surface area contributed by atoms with Gasteiger partial charge in [0.2, 0.25) is 18.6 Å². The second-order valence-corrected chi connectivity index (χ2v) is 9.92. The van der Waals surface area contributed by atoms with Crippen LogP contribution in [0.25, 0.3) is 0 Å². The van der Waals surface area contributed by atoms with E-state index in [1.54, 1.807) is 17.0 Å². The Labute approximate surface area is 227 Å². The fourth-order valence-electron chi connectivity index (χ4n) is 5.50. The van der Waals surface area contributed by atoms with Gasteiger partial charge in [0.15, 0.2) is 11.5 Å². The van der Waals surface area contributed by atoms with Crippen molar-refractivity contribution in [2.75, 3.05) is 19.9 Å². The van der Waals surface area contributed by atoms with Gasteiger partial charge in [-0.05, 0) is 49.1 Å². The molecule has 1 aliphatic carbocycles. The normalized spacial score (nSPS) is 22.3. The van der Waals surface area contributed by atoms with Crippen LogP contribution < -0.4 is 19.5 Å². The maximum Gasteiger partial charge on any atom is 0.247 e. The Morgan fingerprint density at radius 1 is 1.10 bits per heavy atom. The number of amides is 2. The Morgan fingerprint density at radius 2 is 1.92 bits per heavy atom. The molecule has 0 radical (unpaired) electrons. The molecule has 4 atom stereocenters. The van der Waals surface area contributed by atoms with Gasteiger partial charge >= 0.3 is 0 Å². The number of benzene rings is 2. The molecular weight excluding hydrogens is 500 g/mol. The first kappa shape index (κ1) is 26.8. The van der Waals surface area contributed by atoms with Gasteiger partial charge in [-0.15, -0.1) is 6.58 Å². The highest BCUT2D eigenvalue weighted by atomic mass is 16.7. The monoisotopic (exact) mass is 534 g/mol. The third-order valence-corrected chi connectivity index (χ3v) is 7.40. The van der Waals surface area contributed by atoms with Crippen molar-refractivity contribution < 1.29 is 34.0 Å². The van der Waals surface area contributed by atoms with E-state index in [2.05, 4.69) is 11.9 Å².